The Kier molecular flexibility index (Phi) is 15.4. The molecule has 0 radical (unpaired) electrons. The smallest absolute Gasteiger partial charge is 0.123 e. The number of aryl methyl sites for hydroxylation is 1. The number of nitrogens with zero attached hydrogens (tertiary/aromatic N) is 2. The standard InChI is InChI=1S/C55H74N6O2/c1-8-9-10-11-12-13-14-15-16-19-41-20-22-42(23-21-41)54-50-28-24-44(56-50)38-46-26-30-52(58-46)55(53-31-27-47(59-53)39-45-25-29-51(54)57-45)43-36-48(62-34-17-32-60(2,3)4)40-49(37-43)63-35-18-33-61(5,6)7/h20-31,36-40,56-59H,8-19,32-35H2,1-7H3/q+2. The first-order chi connectivity index (χ1) is 30.4. The van der Waals surface area contributed by atoms with Gasteiger partial charge >= 0.3 is 0 Å². The molecule has 63 heavy (non-hydrogen) atoms. The van der Waals surface area contributed by atoms with Gasteiger partial charge in [0.25, 0.3) is 0 Å². The van der Waals surface area contributed by atoms with Gasteiger partial charge in [-0.05, 0) is 102 Å². The fourth-order valence-electron chi connectivity index (χ4n) is 8.63. The maximum absolute atomic E-state index is 6.47. The molecule has 0 amide bonds. The first-order valence-corrected chi connectivity index (χ1v) is 23.7. The number of unbranched alkanes of at least 4 members (excludes halogenated alkanes) is 8. The third kappa shape index (κ3) is 13.5. The van der Waals surface area contributed by atoms with Crippen molar-refractivity contribution in [2.45, 2.75) is 84.0 Å². The minimum Gasteiger partial charge on any atom is -0.493 e. The van der Waals surface area contributed by atoms with Crippen LogP contribution in [0.4, 0.5) is 0 Å². The van der Waals surface area contributed by atoms with Crippen LogP contribution in [-0.2, 0) is 6.42 Å². The number of rotatable bonds is 22. The Hall–Kier alpha value is -5.44. The van der Waals surface area contributed by atoms with Crippen LogP contribution in [-0.4, -0.2) is 97.5 Å². The number of fused-ring (bicyclic) bond motifs is 8. The molecule has 0 spiro atoms. The molecule has 4 N–H and O–H groups in total. The summed E-state index contributed by atoms with van der Waals surface area (Å²) in [5.41, 5.74) is 9.93. The summed E-state index contributed by atoms with van der Waals surface area (Å²) >= 11 is 0. The van der Waals surface area contributed by atoms with Gasteiger partial charge in [0, 0.05) is 74.2 Å². The third-order valence-electron chi connectivity index (χ3n) is 12.0. The van der Waals surface area contributed by atoms with E-state index in [0.29, 0.717) is 13.2 Å². The number of quaternary nitrogens is 2. The van der Waals surface area contributed by atoms with Crippen LogP contribution >= 0.6 is 0 Å². The monoisotopic (exact) mass is 851 g/mol. The highest BCUT2D eigenvalue weighted by Crippen LogP contribution is 2.30. The molecule has 0 atom stereocenters. The molecule has 8 heteroatoms. The maximum atomic E-state index is 6.47. The number of H-pyrrole nitrogens is 4. The van der Waals surface area contributed by atoms with E-state index in [0.717, 1.165) is 114 Å². The van der Waals surface area contributed by atoms with Crippen LogP contribution in [0.3, 0.4) is 0 Å². The maximum Gasteiger partial charge on any atom is 0.123 e. The molecule has 8 bridgehead atoms. The Morgan fingerprint density at radius 3 is 1.41 bits per heavy atom. The summed E-state index contributed by atoms with van der Waals surface area (Å²) in [6, 6.07) is 33.0. The topological polar surface area (TPSA) is 81.6 Å². The van der Waals surface area contributed by atoms with Gasteiger partial charge in [0.05, 0.1) is 68.6 Å². The molecule has 4 aromatic heterocycles. The van der Waals surface area contributed by atoms with Crippen molar-refractivity contribution >= 4 is 23.3 Å². The molecule has 0 unspecified atom stereocenters. The highest BCUT2D eigenvalue weighted by Gasteiger charge is 2.16. The molecule has 7 rings (SSSR count). The first-order valence-electron chi connectivity index (χ1n) is 23.7. The van der Waals surface area contributed by atoms with Crippen LogP contribution in [0, 0.1) is 0 Å². The lowest BCUT2D eigenvalue weighted by Gasteiger charge is -2.24. The van der Waals surface area contributed by atoms with E-state index in [4.69, 9.17) is 9.47 Å². The Bertz CT molecular complexity index is 2580. The van der Waals surface area contributed by atoms with Crippen molar-refractivity contribution in [3.05, 3.63) is 152 Å². The van der Waals surface area contributed by atoms with Crippen LogP contribution in [0.2, 0.25) is 0 Å². The van der Waals surface area contributed by atoms with Crippen molar-refractivity contribution in [1.82, 2.24) is 19.9 Å². The van der Waals surface area contributed by atoms with Gasteiger partial charge in [-0.1, -0.05) is 82.6 Å². The Balaban J connectivity index is 1.20. The number of nitrogens with one attached hydrogen (secondary N) is 4. The summed E-state index contributed by atoms with van der Waals surface area (Å²) in [5, 5.41) is 4.11. The molecular formula is C55H74N6O2+2. The van der Waals surface area contributed by atoms with Crippen molar-refractivity contribution in [1.29, 1.82) is 0 Å². The molecule has 0 aliphatic carbocycles. The van der Waals surface area contributed by atoms with E-state index in [9.17, 15) is 0 Å². The van der Waals surface area contributed by atoms with Crippen molar-refractivity contribution in [2.24, 2.45) is 0 Å². The number of aromatic nitrogens is 4. The van der Waals surface area contributed by atoms with Gasteiger partial charge in [0.2, 0.25) is 0 Å². The van der Waals surface area contributed by atoms with Gasteiger partial charge in [-0.3, -0.25) is 0 Å². The number of ether oxygens (including phenoxy) is 2. The SMILES string of the molecule is CCCCCCCCCCCc1ccc(C2=c3ccc([nH]3)=Cc3ccc([nH]3)C(c3cc(OCCC[N+](C)(C)C)cc(OCCC[N+](C)(C)C)c3)=c3ccc([nH]3)=Cc3ccc2[nH]3)cc1. The van der Waals surface area contributed by atoms with Gasteiger partial charge in [-0.2, -0.15) is 0 Å². The molecule has 0 saturated heterocycles. The highest BCUT2D eigenvalue weighted by atomic mass is 16.5. The fraction of sp³-hybridized carbons (Fsp3) is 0.418. The zero-order valence-corrected chi connectivity index (χ0v) is 39.3. The third-order valence-corrected chi connectivity index (χ3v) is 12.0. The largest absolute Gasteiger partial charge is 0.493 e. The molecule has 8 nitrogen and oxygen atoms in total. The van der Waals surface area contributed by atoms with E-state index in [2.05, 4.69) is 166 Å². The average molecular weight is 851 g/mol. The van der Waals surface area contributed by atoms with Gasteiger partial charge in [0.15, 0.2) is 0 Å². The lowest BCUT2D eigenvalue weighted by Crippen LogP contribution is -2.36. The van der Waals surface area contributed by atoms with Crippen molar-refractivity contribution in [2.75, 3.05) is 68.6 Å². The summed E-state index contributed by atoms with van der Waals surface area (Å²) in [4.78, 5) is 15.0. The number of aromatic amines is 4. The summed E-state index contributed by atoms with van der Waals surface area (Å²) in [6.45, 7) is 5.63. The Morgan fingerprint density at radius 2 is 0.921 bits per heavy atom. The van der Waals surface area contributed by atoms with E-state index in [1.807, 2.05) is 6.07 Å². The number of hydrogen-bond donors (Lipinski definition) is 4. The van der Waals surface area contributed by atoms with E-state index in [1.54, 1.807) is 0 Å². The molecule has 0 saturated carbocycles. The second kappa shape index (κ2) is 21.3. The van der Waals surface area contributed by atoms with Crippen LogP contribution in [0.1, 0.15) is 117 Å². The number of benzene rings is 2. The minimum atomic E-state index is 0.637. The molecule has 1 aliphatic rings. The van der Waals surface area contributed by atoms with Crippen LogP contribution in [0.5, 0.6) is 11.5 Å². The van der Waals surface area contributed by atoms with Gasteiger partial charge < -0.3 is 38.4 Å². The summed E-state index contributed by atoms with van der Waals surface area (Å²) in [6.07, 6.45) is 19.6. The summed E-state index contributed by atoms with van der Waals surface area (Å²) < 4.78 is 14.7. The van der Waals surface area contributed by atoms with Gasteiger partial charge in [-0.25, -0.2) is 0 Å². The Labute approximate surface area is 376 Å². The first kappa shape index (κ1) is 45.6. The van der Waals surface area contributed by atoms with E-state index < -0.39 is 0 Å². The highest BCUT2D eigenvalue weighted by molar-refractivity contribution is 5.80. The molecular weight excluding hydrogens is 777 g/mol. The minimum absolute atomic E-state index is 0.637. The molecule has 1 aliphatic heterocycles. The molecule has 2 aromatic carbocycles. The Morgan fingerprint density at radius 1 is 0.444 bits per heavy atom. The second-order valence-corrected chi connectivity index (χ2v) is 19.7. The zero-order valence-electron chi connectivity index (χ0n) is 39.3. The summed E-state index contributed by atoms with van der Waals surface area (Å²) in [7, 11) is 13.3. The predicted molar refractivity (Wildman–Crippen MR) is 262 cm³/mol. The van der Waals surface area contributed by atoms with Crippen LogP contribution in [0.25, 0.3) is 23.3 Å². The fourth-order valence-corrected chi connectivity index (χ4v) is 8.63. The average Bonchev–Trinajstić information content (AvgIpc) is 4.08. The lowest BCUT2D eigenvalue weighted by atomic mass is 9.98. The molecule has 0 fully saturated rings. The van der Waals surface area contributed by atoms with Crippen molar-refractivity contribution in [3.63, 3.8) is 0 Å². The van der Waals surface area contributed by atoms with E-state index in [1.165, 1.54) is 68.9 Å². The van der Waals surface area contributed by atoms with Gasteiger partial charge in [0.1, 0.15) is 11.5 Å². The number of hydrogen-bond acceptors (Lipinski definition) is 2. The van der Waals surface area contributed by atoms with Crippen LogP contribution < -0.4 is 30.9 Å². The van der Waals surface area contributed by atoms with Crippen molar-refractivity contribution < 1.29 is 18.4 Å². The lowest BCUT2D eigenvalue weighted by molar-refractivity contribution is -0.870. The van der Waals surface area contributed by atoms with E-state index >= 15 is 0 Å². The quantitative estimate of drug-likeness (QED) is 0.0408. The van der Waals surface area contributed by atoms with Crippen LogP contribution in [0.15, 0.2) is 91.0 Å². The molecule has 5 heterocycles. The zero-order chi connectivity index (χ0) is 44.2. The molecule has 6 aromatic rings. The summed E-state index contributed by atoms with van der Waals surface area (Å²) in [5.74, 6) is 1.62. The predicted octanol–water partition coefficient (Wildman–Crippen LogP) is 8.49. The molecule has 334 valence electrons. The van der Waals surface area contributed by atoms with E-state index in [-0.39, 0.29) is 0 Å². The van der Waals surface area contributed by atoms with Gasteiger partial charge in [-0.15, -0.1) is 0 Å². The van der Waals surface area contributed by atoms with Crippen molar-refractivity contribution in [3.8, 4) is 11.5 Å². The normalized spacial score (nSPS) is 12.9. The second-order valence-electron chi connectivity index (χ2n) is 19.7.